The zero-order chi connectivity index (χ0) is 8.59. The average Bonchev–Trinajstić information content (AvgIpc) is 1.97. The monoisotopic (exact) mass is 286 g/mol. The fourth-order valence-electron chi connectivity index (χ4n) is 0.495. The van der Waals surface area contributed by atoms with Crippen LogP contribution in [0.2, 0.25) is 0 Å². The summed E-state index contributed by atoms with van der Waals surface area (Å²) in [4.78, 5) is 0. The third kappa shape index (κ3) is 1.93. The van der Waals surface area contributed by atoms with Crippen LogP contribution in [0, 0.1) is 6.17 Å². The fraction of sp³-hybridized carbons (Fsp3) is 0. The fourth-order valence-corrected chi connectivity index (χ4v) is 0.495. The average molecular weight is 286 g/mol. The maximum Gasteiger partial charge on any atom is 0.270 e. The van der Waals surface area contributed by atoms with Crippen molar-refractivity contribution in [3.05, 3.63) is 35.2 Å². The van der Waals surface area contributed by atoms with Crippen molar-refractivity contribution in [2.24, 2.45) is 0 Å². The van der Waals surface area contributed by atoms with Crippen LogP contribution in [0.5, 0.6) is 0 Å². The summed E-state index contributed by atoms with van der Waals surface area (Å²) in [5, 5.41) is 0. The van der Waals surface area contributed by atoms with E-state index < -0.39 is 29.5 Å². The quantitative estimate of drug-likeness (QED) is 0.474. The Hall–Kier alpha value is -0.220. The van der Waals surface area contributed by atoms with E-state index in [-0.39, 0.29) is 28.7 Å². The van der Waals surface area contributed by atoms with Crippen molar-refractivity contribution in [3.63, 3.8) is 0 Å². The van der Waals surface area contributed by atoms with Crippen molar-refractivity contribution in [2.45, 2.75) is 0 Å². The molecule has 0 atom stereocenters. The van der Waals surface area contributed by atoms with Crippen LogP contribution in [0.3, 0.4) is 0 Å². The Morgan fingerprint density at radius 3 is 1.83 bits per heavy atom. The Kier molecular flexibility index (Phi) is 4.07. The van der Waals surface area contributed by atoms with Crippen molar-refractivity contribution in [3.8, 4) is 0 Å². The maximum absolute atomic E-state index is 12.0. The summed E-state index contributed by atoms with van der Waals surface area (Å²) < 4.78 is 59.9. The van der Waals surface area contributed by atoms with E-state index in [0.29, 0.717) is 0 Å². The van der Waals surface area contributed by atoms with Crippen molar-refractivity contribution in [1.29, 1.82) is 0 Å². The number of hydrogen-bond donors (Lipinski definition) is 0. The number of halogens is 5. The first-order valence-electron chi connectivity index (χ1n) is 2.44. The van der Waals surface area contributed by atoms with Gasteiger partial charge in [-0.1, -0.05) is 0 Å². The smallest absolute Gasteiger partial charge is 0.223 e. The standard InChI is InChI=1S/C6F5.In.2H2/c7-2-1-3(8)5(10)6(11)4(2)9;;;/h;;2*1H. The molecular weight excluding hydrogens is 282 g/mol. The second-order valence-corrected chi connectivity index (χ2v) is 1.69. The van der Waals surface area contributed by atoms with E-state index in [1.807, 2.05) is 0 Å². The molecule has 6 heteroatoms. The van der Waals surface area contributed by atoms with Crippen molar-refractivity contribution in [1.82, 2.24) is 0 Å². The van der Waals surface area contributed by atoms with Gasteiger partial charge in [0.1, 0.15) is 0 Å². The van der Waals surface area contributed by atoms with Gasteiger partial charge in [-0.2, -0.15) is 13.2 Å². The van der Waals surface area contributed by atoms with Crippen LogP contribution in [0.25, 0.3) is 0 Å². The molecule has 1 aliphatic rings. The van der Waals surface area contributed by atoms with Crippen LogP contribution in [0.4, 0.5) is 22.0 Å². The second kappa shape index (κ2) is 4.14. The summed E-state index contributed by atoms with van der Waals surface area (Å²) in [6, 6.07) is 0. The molecule has 0 nitrogen and oxygen atoms in total. The first-order chi connectivity index (χ1) is 5.04. The molecule has 0 heterocycles. The number of allylic oxidation sites excluding steroid dienone is 3. The van der Waals surface area contributed by atoms with Gasteiger partial charge < -0.3 is 0 Å². The van der Waals surface area contributed by atoms with Gasteiger partial charge in [-0.3, -0.25) is 0 Å². The Bertz CT molecular complexity index is 295. The molecule has 1 rings (SSSR count). The van der Waals surface area contributed by atoms with Gasteiger partial charge in [0, 0.05) is 28.7 Å². The second-order valence-electron chi connectivity index (χ2n) is 1.69. The van der Waals surface area contributed by atoms with E-state index in [9.17, 15) is 22.0 Å². The molecule has 66 valence electrons. The minimum Gasteiger partial charge on any atom is -0.223 e. The van der Waals surface area contributed by atoms with Gasteiger partial charge in [-0.15, -0.1) is 0 Å². The van der Waals surface area contributed by atoms with Crippen LogP contribution in [-0.4, -0.2) is 25.8 Å². The molecule has 0 aromatic heterocycles. The molecule has 0 spiro atoms. The Labute approximate surface area is 86.2 Å². The maximum atomic E-state index is 12.0. The minimum atomic E-state index is -2.17. The van der Waals surface area contributed by atoms with Crippen LogP contribution in [-0.2, 0) is 0 Å². The zero-order valence-corrected chi connectivity index (χ0v) is 8.76. The molecule has 0 saturated heterocycles. The molecule has 0 aliphatic heterocycles. The summed E-state index contributed by atoms with van der Waals surface area (Å²) >= 11 is 0. The normalized spacial score (nSPS) is 18.4. The molecule has 0 aromatic rings. The summed E-state index contributed by atoms with van der Waals surface area (Å²) in [6.07, 6.45) is -2.07. The number of rotatable bonds is 0. The van der Waals surface area contributed by atoms with Crippen molar-refractivity contribution >= 4 is 25.8 Å². The van der Waals surface area contributed by atoms with Gasteiger partial charge in [-0.25, -0.2) is 8.78 Å². The summed E-state index contributed by atoms with van der Waals surface area (Å²) in [6.45, 7) is 0. The van der Waals surface area contributed by atoms with Gasteiger partial charge in [-0.05, 0) is 5.73 Å². The van der Waals surface area contributed by atoms with Crippen LogP contribution in [0.1, 0.15) is 2.85 Å². The molecule has 0 bridgehead atoms. The van der Waals surface area contributed by atoms with Crippen LogP contribution in [0.15, 0.2) is 29.0 Å². The van der Waals surface area contributed by atoms with Crippen LogP contribution >= 0.6 is 0 Å². The van der Waals surface area contributed by atoms with Gasteiger partial charge in [0.25, 0.3) is 6.17 Å². The van der Waals surface area contributed by atoms with Gasteiger partial charge in [0.15, 0.2) is 11.7 Å². The van der Waals surface area contributed by atoms with E-state index >= 15 is 0 Å². The SMILES string of the molecule is F[C]1C(F)=C=C(F)C(F)=C1F.[HH].[HH].[In]. The first-order valence-corrected chi connectivity index (χ1v) is 2.44. The van der Waals surface area contributed by atoms with E-state index in [0.717, 1.165) is 5.73 Å². The third-order valence-electron chi connectivity index (χ3n) is 0.990. The van der Waals surface area contributed by atoms with E-state index in [1.54, 1.807) is 0 Å². The molecule has 0 amide bonds. The number of hydrogen-bond acceptors (Lipinski definition) is 0. The first kappa shape index (κ1) is 11.8. The van der Waals surface area contributed by atoms with E-state index in [1.165, 1.54) is 0 Å². The van der Waals surface area contributed by atoms with E-state index in [2.05, 4.69) is 0 Å². The zero-order valence-electron chi connectivity index (χ0n) is 5.47. The summed E-state index contributed by atoms with van der Waals surface area (Å²) in [5.74, 6) is -7.98. The molecule has 4 radical (unpaired) electrons. The molecule has 0 unspecified atom stereocenters. The Morgan fingerprint density at radius 2 is 1.33 bits per heavy atom. The molecule has 12 heavy (non-hydrogen) atoms. The van der Waals surface area contributed by atoms with Crippen molar-refractivity contribution < 1.29 is 24.8 Å². The molecular formula is C6H4F5In. The summed E-state index contributed by atoms with van der Waals surface area (Å²) in [5.41, 5.74) is 1.02. The molecule has 0 aromatic carbocycles. The Balaban J connectivity index is -0.000000403. The molecule has 0 saturated carbocycles. The molecule has 1 aliphatic carbocycles. The summed E-state index contributed by atoms with van der Waals surface area (Å²) in [7, 11) is 0. The van der Waals surface area contributed by atoms with Gasteiger partial charge >= 0.3 is 0 Å². The predicted molar refractivity (Wildman–Crippen MR) is 36.3 cm³/mol. The topological polar surface area (TPSA) is 0 Å². The van der Waals surface area contributed by atoms with Crippen molar-refractivity contribution in [2.75, 3.05) is 0 Å². The molecule has 0 N–H and O–H groups in total. The molecule has 0 fully saturated rings. The van der Waals surface area contributed by atoms with Gasteiger partial charge in [0.05, 0.1) is 0 Å². The van der Waals surface area contributed by atoms with Gasteiger partial charge in [0.2, 0.25) is 11.7 Å². The van der Waals surface area contributed by atoms with E-state index in [4.69, 9.17) is 0 Å². The minimum absolute atomic E-state index is 0. The largest absolute Gasteiger partial charge is 0.270 e. The Morgan fingerprint density at radius 1 is 0.833 bits per heavy atom. The van der Waals surface area contributed by atoms with Crippen LogP contribution < -0.4 is 0 Å². The predicted octanol–water partition coefficient (Wildman–Crippen LogP) is 3.07. The third-order valence-corrected chi connectivity index (χ3v) is 0.990.